The number of hydrogen-bond acceptors (Lipinski definition) is 9. The Morgan fingerprint density at radius 3 is 1.77 bits per heavy atom. The molecule has 0 bridgehead atoms. The Labute approximate surface area is 176 Å². The van der Waals surface area contributed by atoms with Crippen LogP contribution >= 0.6 is 0 Å². The maximum Gasteiger partial charge on any atom is 0.357 e. The first-order chi connectivity index (χ1) is 14.3. The topological polar surface area (TPSA) is 118 Å². The molecule has 0 N–H and O–H groups in total. The Kier molecular flexibility index (Phi) is 11.1. The quantitative estimate of drug-likeness (QED) is 0.284. The summed E-state index contributed by atoms with van der Waals surface area (Å²) in [5, 5.41) is 0. The van der Waals surface area contributed by atoms with Crippen LogP contribution in [0.15, 0.2) is 18.3 Å². The van der Waals surface area contributed by atoms with E-state index in [1.165, 1.54) is 26.0 Å². The first kappa shape index (κ1) is 25.1. The zero-order valence-corrected chi connectivity index (χ0v) is 17.8. The second-order valence-corrected chi connectivity index (χ2v) is 6.57. The Morgan fingerprint density at radius 1 is 0.833 bits per heavy atom. The van der Waals surface area contributed by atoms with Crippen LogP contribution in [0.5, 0.6) is 0 Å². The summed E-state index contributed by atoms with van der Waals surface area (Å²) in [6, 6.07) is 2.57. The molecule has 0 amide bonds. The average Bonchev–Trinajstić information content (AvgIpc) is 2.73. The van der Waals surface area contributed by atoms with Crippen molar-refractivity contribution in [3.05, 3.63) is 29.6 Å². The van der Waals surface area contributed by atoms with Crippen LogP contribution in [-0.4, -0.2) is 54.3 Å². The fourth-order valence-corrected chi connectivity index (χ4v) is 2.05. The van der Waals surface area contributed by atoms with Gasteiger partial charge in [0.15, 0.2) is 12.2 Å². The third kappa shape index (κ3) is 8.59. The van der Waals surface area contributed by atoms with Gasteiger partial charge in [0.2, 0.25) is 0 Å². The number of unbranched alkanes of at least 4 members (excludes halogenated alkanes) is 2. The van der Waals surface area contributed by atoms with Gasteiger partial charge in [0.1, 0.15) is 5.69 Å². The van der Waals surface area contributed by atoms with E-state index in [-0.39, 0.29) is 24.5 Å². The lowest BCUT2D eigenvalue weighted by molar-refractivity contribution is -0.153. The number of carbonyl (C=O) groups is 4. The third-order valence-corrected chi connectivity index (χ3v) is 3.92. The maximum atomic E-state index is 12.1. The summed E-state index contributed by atoms with van der Waals surface area (Å²) in [5.74, 6) is -2.89. The van der Waals surface area contributed by atoms with Crippen molar-refractivity contribution in [1.82, 2.24) is 4.98 Å². The number of aromatic nitrogens is 1. The van der Waals surface area contributed by atoms with Crippen molar-refractivity contribution in [2.75, 3.05) is 13.2 Å². The van der Waals surface area contributed by atoms with Crippen molar-refractivity contribution in [3.8, 4) is 0 Å². The van der Waals surface area contributed by atoms with Crippen molar-refractivity contribution in [2.45, 2.75) is 65.6 Å². The molecule has 0 unspecified atom stereocenters. The molecule has 0 aliphatic carbocycles. The van der Waals surface area contributed by atoms with E-state index in [9.17, 15) is 19.2 Å². The highest BCUT2D eigenvalue weighted by Gasteiger charge is 2.23. The van der Waals surface area contributed by atoms with Gasteiger partial charge in [-0.1, -0.05) is 26.7 Å². The first-order valence-electron chi connectivity index (χ1n) is 10.0. The van der Waals surface area contributed by atoms with Crippen molar-refractivity contribution >= 4 is 23.9 Å². The molecule has 0 aliphatic rings. The number of carbonyl (C=O) groups excluding carboxylic acids is 4. The molecule has 9 heteroatoms. The van der Waals surface area contributed by atoms with Gasteiger partial charge < -0.3 is 18.9 Å². The molecule has 0 saturated heterocycles. The first-order valence-corrected chi connectivity index (χ1v) is 10.0. The second kappa shape index (κ2) is 13.3. The van der Waals surface area contributed by atoms with Crippen molar-refractivity contribution in [1.29, 1.82) is 0 Å². The highest BCUT2D eigenvalue weighted by molar-refractivity contribution is 5.93. The summed E-state index contributed by atoms with van der Waals surface area (Å²) < 4.78 is 20.0. The Hall–Kier alpha value is -2.97. The molecule has 0 spiro atoms. The summed E-state index contributed by atoms with van der Waals surface area (Å²) in [5.41, 5.74) is -0.0430. The van der Waals surface area contributed by atoms with Gasteiger partial charge in [-0.25, -0.2) is 24.2 Å². The maximum absolute atomic E-state index is 12.1. The summed E-state index contributed by atoms with van der Waals surface area (Å²) in [6.07, 6.45) is 2.17. The molecule has 1 rings (SSSR count). The van der Waals surface area contributed by atoms with E-state index in [4.69, 9.17) is 18.9 Å². The van der Waals surface area contributed by atoms with E-state index >= 15 is 0 Å². The molecule has 1 aromatic heterocycles. The van der Waals surface area contributed by atoms with Gasteiger partial charge in [-0.2, -0.15) is 0 Å². The highest BCUT2D eigenvalue weighted by atomic mass is 16.6. The molecule has 0 aromatic carbocycles. The lowest BCUT2D eigenvalue weighted by Crippen LogP contribution is -2.27. The standard InChI is InChI=1S/C21H29NO8/c1-5-7-11-27-18(23)14(3)29-20(25)16-9-10-17(22-13-16)21(26)30-15(4)19(24)28-12-8-6-2/h9-10,13-15H,5-8,11-12H2,1-4H3/t14-,15+/m1/s1. The molecule has 9 nitrogen and oxygen atoms in total. The van der Waals surface area contributed by atoms with Crippen LogP contribution in [0.25, 0.3) is 0 Å². The smallest absolute Gasteiger partial charge is 0.357 e. The van der Waals surface area contributed by atoms with E-state index in [1.807, 2.05) is 13.8 Å². The van der Waals surface area contributed by atoms with Gasteiger partial charge in [0, 0.05) is 6.20 Å². The molecule has 0 saturated carbocycles. The Balaban J connectivity index is 2.56. The minimum absolute atomic E-state index is 0.0479. The molecule has 2 atom stereocenters. The van der Waals surface area contributed by atoms with Gasteiger partial charge in [0.05, 0.1) is 18.8 Å². The average molecular weight is 423 g/mol. The number of pyridine rings is 1. The fraction of sp³-hybridized carbons (Fsp3) is 0.571. The normalized spacial score (nSPS) is 12.4. The number of esters is 4. The third-order valence-electron chi connectivity index (χ3n) is 3.92. The monoisotopic (exact) mass is 423 g/mol. The van der Waals surface area contributed by atoms with Gasteiger partial charge in [-0.05, 0) is 38.8 Å². The van der Waals surface area contributed by atoms with E-state index in [0.29, 0.717) is 0 Å². The molecule has 0 aliphatic heterocycles. The zero-order chi connectivity index (χ0) is 22.5. The van der Waals surface area contributed by atoms with Crippen LogP contribution in [0.1, 0.15) is 74.2 Å². The van der Waals surface area contributed by atoms with Gasteiger partial charge in [0.25, 0.3) is 0 Å². The van der Waals surface area contributed by atoms with Crippen LogP contribution in [0.4, 0.5) is 0 Å². The summed E-state index contributed by atoms with van der Waals surface area (Å²) in [6.45, 7) is 7.26. The lowest BCUT2D eigenvalue weighted by atomic mass is 10.2. The molecule has 0 fully saturated rings. The number of ether oxygens (including phenoxy) is 4. The lowest BCUT2D eigenvalue weighted by Gasteiger charge is -2.13. The summed E-state index contributed by atoms with van der Waals surface area (Å²) >= 11 is 0. The zero-order valence-electron chi connectivity index (χ0n) is 17.8. The van der Waals surface area contributed by atoms with Gasteiger partial charge >= 0.3 is 23.9 Å². The second-order valence-electron chi connectivity index (χ2n) is 6.57. The summed E-state index contributed by atoms with van der Waals surface area (Å²) in [7, 11) is 0. The van der Waals surface area contributed by atoms with Crippen molar-refractivity contribution < 1.29 is 38.1 Å². The molecule has 0 radical (unpaired) electrons. The minimum atomic E-state index is -1.08. The predicted molar refractivity (Wildman–Crippen MR) is 106 cm³/mol. The fourth-order valence-electron chi connectivity index (χ4n) is 2.05. The van der Waals surface area contributed by atoms with E-state index in [0.717, 1.165) is 31.9 Å². The Morgan fingerprint density at radius 2 is 1.33 bits per heavy atom. The van der Waals surface area contributed by atoms with Crippen LogP contribution in [-0.2, 0) is 28.5 Å². The molecule has 1 aromatic rings. The minimum Gasteiger partial charge on any atom is -0.463 e. The molecular weight excluding hydrogens is 394 g/mol. The summed E-state index contributed by atoms with van der Waals surface area (Å²) in [4.78, 5) is 51.6. The molecule has 30 heavy (non-hydrogen) atoms. The molecular formula is C21H29NO8. The van der Waals surface area contributed by atoms with Crippen molar-refractivity contribution in [2.24, 2.45) is 0 Å². The van der Waals surface area contributed by atoms with E-state index < -0.39 is 36.1 Å². The van der Waals surface area contributed by atoms with Gasteiger partial charge in [-0.15, -0.1) is 0 Å². The van der Waals surface area contributed by atoms with Gasteiger partial charge in [-0.3, -0.25) is 0 Å². The molecule has 1 heterocycles. The van der Waals surface area contributed by atoms with E-state index in [1.54, 1.807) is 0 Å². The van der Waals surface area contributed by atoms with Crippen LogP contribution in [0.3, 0.4) is 0 Å². The number of rotatable bonds is 12. The SMILES string of the molecule is CCCCOC(=O)[C@H](C)OC(=O)c1ccc(C(=O)O[C@H](C)C(=O)OCCCC)cn1. The van der Waals surface area contributed by atoms with Crippen LogP contribution in [0.2, 0.25) is 0 Å². The number of nitrogens with zero attached hydrogens (tertiary/aromatic N) is 1. The van der Waals surface area contributed by atoms with Crippen LogP contribution in [0, 0.1) is 0 Å². The predicted octanol–water partition coefficient (Wildman–Crippen LogP) is 2.86. The van der Waals surface area contributed by atoms with E-state index in [2.05, 4.69) is 4.98 Å². The number of hydrogen-bond donors (Lipinski definition) is 0. The van der Waals surface area contributed by atoms with Crippen LogP contribution < -0.4 is 0 Å². The van der Waals surface area contributed by atoms with Crippen molar-refractivity contribution in [3.63, 3.8) is 0 Å². The Bertz CT molecular complexity index is 655. The molecule has 166 valence electrons. The largest absolute Gasteiger partial charge is 0.463 e. The highest BCUT2D eigenvalue weighted by Crippen LogP contribution is 2.08.